The lowest BCUT2D eigenvalue weighted by Gasteiger charge is -2.20. The molecule has 4 N–H and O–H groups in total. The third-order valence-electron chi connectivity index (χ3n) is 4.35. The van der Waals surface area contributed by atoms with E-state index in [1.54, 1.807) is 30.5 Å². The van der Waals surface area contributed by atoms with Crippen LogP contribution in [0.3, 0.4) is 0 Å². The predicted octanol–water partition coefficient (Wildman–Crippen LogP) is 2.78. The van der Waals surface area contributed by atoms with Crippen molar-refractivity contribution in [2.45, 2.75) is 13.0 Å². The fourth-order valence-corrected chi connectivity index (χ4v) is 2.91. The van der Waals surface area contributed by atoms with Gasteiger partial charge in [-0.1, -0.05) is 12.1 Å². The van der Waals surface area contributed by atoms with Gasteiger partial charge in [0.2, 0.25) is 0 Å². The number of hydrogen-bond donors (Lipinski definition) is 4. The maximum atomic E-state index is 12.0. The lowest BCUT2D eigenvalue weighted by Crippen LogP contribution is -2.37. The molecule has 0 spiro atoms. The van der Waals surface area contributed by atoms with E-state index in [0.29, 0.717) is 5.69 Å². The van der Waals surface area contributed by atoms with Crippen LogP contribution >= 0.6 is 0 Å². The molecule has 7 heteroatoms. The van der Waals surface area contributed by atoms with Crippen LogP contribution in [-0.4, -0.2) is 15.3 Å². The number of aromatic hydroxyl groups is 1. The number of nitrogens with zero attached hydrogens (tertiary/aromatic N) is 1. The number of hydrogen-bond acceptors (Lipinski definition) is 6. The van der Waals surface area contributed by atoms with Crippen molar-refractivity contribution in [1.82, 2.24) is 10.2 Å². The predicted molar refractivity (Wildman–Crippen MR) is 101 cm³/mol. The van der Waals surface area contributed by atoms with Crippen molar-refractivity contribution in [2.75, 3.05) is 10.6 Å². The number of H-pyrrole nitrogens is 1. The van der Waals surface area contributed by atoms with Crippen LogP contribution in [0.1, 0.15) is 18.5 Å². The summed E-state index contributed by atoms with van der Waals surface area (Å²) in [7, 11) is 0. The number of anilines is 3. The smallest absolute Gasteiger partial charge is 0.253 e. The van der Waals surface area contributed by atoms with Gasteiger partial charge in [0.1, 0.15) is 17.1 Å². The summed E-state index contributed by atoms with van der Waals surface area (Å²) >= 11 is 0. The van der Waals surface area contributed by atoms with Crippen LogP contribution in [-0.2, 0) is 0 Å². The third-order valence-corrected chi connectivity index (χ3v) is 4.35. The minimum Gasteiger partial charge on any atom is -0.508 e. The van der Waals surface area contributed by atoms with E-state index in [2.05, 4.69) is 20.8 Å². The molecule has 0 radical (unpaired) electrons. The van der Waals surface area contributed by atoms with E-state index in [-0.39, 0.29) is 23.2 Å². The first-order chi connectivity index (χ1) is 12.5. The second kappa shape index (κ2) is 6.03. The second-order valence-electron chi connectivity index (χ2n) is 6.17. The number of aromatic amines is 1. The largest absolute Gasteiger partial charge is 0.508 e. The molecule has 0 aliphatic carbocycles. The Morgan fingerprint density at radius 1 is 1.08 bits per heavy atom. The van der Waals surface area contributed by atoms with Gasteiger partial charge in [-0.3, -0.25) is 14.7 Å². The fraction of sp³-hybridized carbons (Fsp3) is 0.105. The highest BCUT2D eigenvalue weighted by molar-refractivity contribution is 5.85. The van der Waals surface area contributed by atoms with E-state index in [4.69, 9.17) is 0 Å². The number of phenols is 1. The highest BCUT2D eigenvalue weighted by Gasteiger charge is 2.23. The normalized spacial score (nSPS) is 12.3. The summed E-state index contributed by atoms with van der Waals surface area (Å²) in [5.74, 6) is 0.146. The van der Waals surface area contributed by atoms with E-state index in [1.165, 1.54) is 0 Å². The van der Waals surface area contributed by atoms with Crippen LogP contribution < -0.4 is 21.5 Å². The minimum atomic E-state index is -0.553. The minimum absolute atomic E-state index is 0.146. The van der Waals surface area contributed by atoms with Gasteiger partial charge < -0.3 is 15.7 Å². The molecule has 0 aliphatic rings. The third kappa shape index (κ3) is 2.69. The van der Waals surface area contributed by atoms with E-state index in [9.17, 15) is 14.7 Å². The van der Waals surface area contributed by atoms with Gasteiger partial charge in [0, 0.05) is 17.1 Å². The summed E-state index contributed by atoms with van der Waals surface area (Å²) in [5.41, 5.74) is 1.77. The van der Waals surface area contributed by atoms with Crippen molar-refractivity contribution < 1.29 is 5.11 Å². The van der Waals surface area contributed by atoms with Gasteiger partial charge in [0.05, 0.1) is 11.7 Å². The summed E-state index contributed by atoms with van der Waals surface area (Å²) in [6.45, 7) is 1.85. The number of nitrogens with one attached hydrogen (secondary N) is 3. The molecule has 1 heterocycles. The molecule has 1 aromatic heterocycles. The lowest BCUT2D eigenvalue weighted by atomic mass is 10.1. The number of rotatable bonds is 5. The van der Waals surface area contributed by atoms with Crippen LogP contribution in [0.5, 0.6) is 5.75 Å². The number of fused-ring (bicyclic) bond motifs is 1. The molecule has 0 saturated carbocycles. The topological polar surface area (TPSA) is 107 Å². The molecule has 4 rings (SSSR count). The standard InChI is InChI=1S/C19H16N4O3/c1-10(11-3-2-4-14(24)8-11)21-16-17(19(26)18(16)25)22-13-5-6-15-12(7-13)9-20-23-15/h2-10,21-22,24H,1H3,(H,20,23)/t10-/m1/s1. The van der Waals surface area contributed by atoms with E-state index >= 15 is 0 Å². The maximum Gasteiger partial charge on any atom is 0.253 e. The average Bonchev–Trinajstić information content (AvgIpc) is 3.11. The zero-order valence-corrected chi connectivity index (χ0v) is 13.9. The molecule has 4 aromatic rings. The van der Waals surface area contributed by atoms with Crippen molar-refractivity contribution in [1.29, 1.82) is 0 Å². The molecule has 130 valence electrons. The Labute approximate surface area is 148 Å². The van der Waals surface area contributed by atoms with Crippen molar-refractivity contribution in [3.8, 4) is 5.75 Å². The van der Waals surface area contributed by atoms with Gasteiger partial charge in [-0.05, 0) is 42.8 Å². The van der Waals surface area contributed by atoms with Crippen LogP contribution in [0.15, 0.2) is 58.3 Å². The Morgan fingerprint density at radius 3 is 2.69 bits per heavy atom. The molecule has 0 unspecified atom stereocenters. The Morgan fingerprint density at radius 2 is 1.88 bits per heavy atom. The molecule has 0 fully saturated rings. The number of phenolic OH excluding ortho intramolecular Hbond substituents is 1. The Bertz CT molecular complexity index is 1170. The fourth-order valence-electron chi connectivity index (χ4n) is 2.91. The SMILES string of the molecule is C[C@@H](Nc1c(Nc2ccc3[nH]ncc3c2)c(=O)c1=O)c1cccc(O)c1. The first kappa shape index (κ1) is 15.9. The van der Waals surface area contributed by atoms with Crippen LogP contribution in [0.2, 0.25) is 0 Å². The van der Waals surface area contributed by atoms with Crippen LogP contribution in [0.25, 0.3) is 10.9 Å². The van der Waals surface area contributed by atoms with E-state index in [1.807, 2.05) is 25.1 Å². The van der Waals surface area contributed by atoms with E-state index < -0.39 is 10.9 Å². The first-order valence-electron chi connectivity index (χ1n) is 8.12. The Balaban J connectivity index is 1.59. The molecular weight excluding hydrogens is 332 g/mol. The van der Waals surface area contributed by atoms with Crippen LogP contribution in [0, 0.1) is 0 Å². The van der Waals surface area contributed by atoms with Gasteiger partial charge >= 0.3 is 0 Å². The lowest BCUT2D eigenvalue weighted by molar-refractivity contribution is 0.474. The van der Waals surface area contributed by atoms with Gasteiger partial charge in [-0.2, -0.15) is 5.10 Å². The van der Waals surface area contributed by atoms with Crippen molar-refractivity contribution in [3.05, 3.63) is 74.7 Å². The molecule has 3 aromatic carbocycles. The molecule has 0 bridgehead atoms. The highest BCUT2D eigenvalue weighted by atomic mass is 16.3. The van der Waals surface area contributed by atoms with Crippen molar-refractivity contribution in [3.63, 3.8) is 0 Å². The monoisotopic (exact) mass is 348 g/mol. The van der Waals surface area contributed by atoms with Crippen molar-refractivity contribution in [2.24, 2.45) is 0 Å². The Hall–Kier alpha value is -3.61. The zero-order chi connectivity index (χ0) is 18.3. The first-order valence-corrected chi connectivity index (χ1v) is 8.12. The van der Waals surface area contributed by atoms with Crippen molar-refractivity contribution >= 4 is 28.0 Å². The molecular formula is C19H16N4O3. The highest BCUT2D eigenvalue weighted by Crippen LogP contribution is 2.27. The van der Waals surface area contributed by atoms with Crippen LogP contribution in [0.4, 0.5) is 17.1 Å². The quantitative estimate of drug-likeness (QED) is 0.413. The molecule has 0 saturated heterocycles. The summed E-state index contributed by atoms with van der Waals surface area (Å²) in [5, 5.41) is 23.4. The zero-order valence-electron chi connectivity index (χ0n) is 13.9. The second-order valence-corrected chi connectivity index (χ2v) is 6.17. The van der Waals surface area contributed by atoms with Gasteiger partial charge in [-0.15, -0.1) is 0 Å². The molecule has 1 atom stereocenters. The van der Waals surface area contributed by atoms with Gasteiger partial charge in [0.15, 0.2) is 0 Å². The molecule has 0 amide bonds. The van der Waals surface area contributed by atoms with Gasteiger partial charge in [-0.25, -0.2) is 0 Å². The summed E-state index contributed by atoms with van der Waals surface area (Å²) in [4.78, 5) is 24.0. The maximum absolute atomic E-state index is 12.0. The average molecular weight is 348 g/mol. The summed E-state index contributed by atoms with van der Waals surface area (Å²) < 4.78 is 0. The Kier molecular flexibility index (Phi) is 3.69. The summed E-state index contributed by atoms with van der Waals surface area (Å²) in [6, 6.07) is 12.0. The van der Waals surface area contributed by atoms with Gasteiger partial charge in [0.25, 0.3) is 10.9 Å². The number of aromatic nitrogens is 2. The molecule has 7 nitrogen and oxygen atoms in total. The molecule has 26 heavy (non-hydrogen) atoms. The van der Waals surface area contributed by atoms with E-state index in [0.717, 1.165) is 16.5 Å². The number of benzene rings is 2. The summed E-state index contributed by atoms with van der Waals surface area (Å²) in [6.07, 6.45) is 1.69. The molecule has 0 aliphatic heterocycles.